The van der Waals surface area contributed by atoms with Crippen LogP contribution in [0.25, 0.3) is 0 Å². The number of ketones is 1. The Morgan fingerprint density at radius 1 is 1.55 bits per heavy atom. The number of hydrogen-bond acceptors (Lipinski definition) is 2. The van der Waals surface area contributed by atoms with Gasteiger partial charge in [0, 0.05) is 11.3 Å². The monoisotopic (exact) mass is 153 g/mol. The number of rotatable bonds is 1. The first-order chi connectivity index (χ1) is 5.04. The van der Waals surface area contributed by atoms with Crippen LogP contribution in [0.2, 0.25) is 0 Å². The van der Waals surface area contributed by atoms with Crippen molar-refractivity contribution in [3.63, 3.8) is 0 Å². The van der Waals surface area contributed by atoms with Gasteiger partial charge in [-0.3, -0.25) is 9.59 Å². The molecule has 1 unspecified atom stereocenters. The standard InChI is InChI=1S/C8H11NO2/c1-4-7(6(3)10)5(2)9-8(4)11/h4H,1-3H3,(H,9,11). The third kappa shape index (κ3) is 1.18. The molecule has 1 rings (SSSR count). The Labute approximate surface area is 65.5 Å². The summed E-state index contributed by atoms with van der Waals surface area (Å²) in [4.78, 5) is 22.0. The Morgan fingerprint density at radius 2 is 2.09 bits per heavy atom. The first-order valence-corrected chi connectivity index (χ1v) is 3.56. The van der Waals surface area contributed by atoms with Gasteiger partial charge < -0.3 is 5.32 Å². The van der Waals surface area contributed by atoms with Crippen molar-refractivity contribution in [2.75, 3.05) is 0 Å². The molecule has 0 aromatic carbocycles. The second-order valence-electron chi connectivity index (χ2n) is 2.81. The van der Waals surface area contributed by atoms with Gasteiger partial charge in [-0.15, -0.1) is 0 Å². The summed E-state index contributed by atoms with van der Waals surface area (Å²) in [6, 6.07) is 0. The lowest BCUT2D eigenvalue weighted by molar-refractivity contribution is -0.123. The predicted octanol–water partition coefficient (Wildman–Crippen LogP) is 0.615. The summed E-state index contributed by atoms with van der Waals surface area (Å²) in [7, 11) is 0. The van der Waals surface area contributed by atoms with Gasteiger partial charge in [-0.1, -0.05) is 0 Å². The van der Waals surface area contributed by atoms with E-state index >= 15 is 0 Å². The molecule has 1 amide bonds. The summed E-state index contributed by atoms with van der Waals surface area (Å²) in [6.07, 6.45) is 0. The molecule has 1 atom stereocenters. The molecule has 0 radical (unpaired) electrons. The van der Waals surface area contributed by atoms with Crippen molar-refractivity contribution < 1.29 is 9.59 Å². The summed E-state index contributed by atoms with van der Waals surface area (Å²) >= 11 is 0. The highest BCUT2D eigenvalue weighted by Crippen LogP contribution is 2.21. The van der Waals surface area contributed by atoms with E-state index in [1.807, 2.05) is 0 Å². The average Bonchev–Trinajstić information content (AvgIpc) is 2.07. The van der Waals surface area contributed by atoms with Crippen molar-refractivity contribution in [3.05, 3.63) is 11.3 Å². The third-order valence-electron chi connectivity index (χ3n) is 1.92. The number of nitrogens with one attached hydrogen (secondary N) is 1. The number of carbonyl (C=O) groups is 2. The molecule has 3 nitrogen and oxygen atoms in total. The van der Waals surface area contributed by atoms with Crippen molar-refractivity contribution in [1.29, 1.82) is 0 Å². The summed E-state index contributed by atoms with van der Waals surface area (Å²) in [5.41, 5.74) is 1.32. The molecule has 0 saturated carbocycles. The maximum Gasteiger partial charge on any atom is 0.231 e. The van der Waals surface area contributed by atoms with E-state index in [9.17, 15) is 9.59 Å². The van der Waals surface area contributed by atoms with Gasteiger partial charge in [0.1, 0.15) is 0 Å². The van der Waals surface area contributed by atoms with Gasteiger partial charge in [0.2, 0.25) is 5.91 Å². The van der Waals surface area contributed by atoms with Crippen molar-refractivity contribution >= 4 is 11.7 Å². The third-order valence-corrected chi connectivity index (χ3v) is 1.92. The Kier molecular flexibility index (Phi) is 1.81. The van der Waals surface area contributed by atoms with E-state index in [0.717, 1.165) is 0 Å². The van der Waals surface area contributed by atoms with Crippen LogP contribution in [0.1, 0.15) is 20.8 Å². The van der Waals surface area contributed by atoms with E-state index in [1.165, 1.54) is 6.92 Å². The van der Waals surface area contributed by atoms with Gasteiger partial charge in [0.25, 0.3) is 0 Å². The second-order valence-corrected chi connectivity index (χ2v) is 2.81. The number of carbonyl (C=O) groups excluding carboxylic acids is 2. The van der Waals surface area contributed by atoms with Crippen LogP contribution in [-0.2, 0) is 9.59 Å². The minimum absolute atomic E-state index is 0.0200. The first-order valence-electron chi connectivity index (χ1n) is 3.56. The Bertz CT molecular complexity index is 253. The van der Waals surface area contributed by atoms with Gasteiger partial charge in [-0.05, 0) is 20.8 Å². The Hall–Kier alpha value is -1.12. The van der Waals surface area contributed by atoms with E-state index < -0.39 is 0 Å². The quantitative estimate of drug-likeness (QED) is 0.600. The van der Waals surface area contributed by atoms with Gasteiger partial charge in [-0.25, -0.2) is 0 Å². The van der Waals surface area contributed by atoms with Crippen molar-refractivity contribution in [2.45, 2.75) is 20.8 Å². The normalized spacial score (nSPS) is 23.9. The molecule has 0 bridgehead atoms. The largest absolute Gasteiger partial charge is 0.329 e. The zero-order chi connectivity index (χ0) is 8.59. The first kappa shape index (κ1) is 7.98. The van der Waals surface area contributed by atoms with E-state index in [-0.39, 0.29) is 17.6 Å². The molecule has 0 fully saturated rings. The predicted molar refractivity (Wildman–Crippen MR) is 40.7 cm³/mol. The molecule has 0 aromatic heterocycles. The zero-order valence-corrected chi connectivity index (χ0v) is 6.89. The lowest BCUT2D eigenvalue weighted by Gasteiger charge is -2.00. The van der Waals surface area contributed by atoms with Crippen molar-refractivity contribution in [1.82, 2.24) is 5.32 Å². The molecule has 0 spiro atoms. The van der Waals surface area contributed by atoms with Gasteiger partial charge >= 0.3 is 0 Å². The highest BCUT2D eigenvalue weighted by Gasteiger charge is 2.29. The van der Waals surface area contributed by atoms with Crippen LogP contribution in [-0.4, -0.2) is 11.7 Å². The smallest absolute Gasteiger partial charge is 0.231 e. The number of Topliss-reactive ketones (excluding diaryl/α,β-unsaturated/α-hetero) is 1. The van der Waals surface area contributed by atoms with Crippen LogP contribution in [0.5, 0.6) is 0 Å². The molecule has 0 saturated heterocycles. The second kappa shape index (κ2) is 2.49. The number of amides is 1. The van der Waals surface area contributed by atoms with Gasteiger partial charge in [-0.2, -0.15) is 0 Å². The lowest BCUT2D eigenvalue weighted by atomic mass is 9.99. The maximum atomic E-state index is 11.0. The van der Waals surface area contributed by atoms with Crippen LogP contribution in [0, 0.1) is 5.92 Å². The van der Waals surface area contributed by atoms with Crippen LogP contribution < -0.4 is 5.32 Å². The molecule has 1 N–H and O–H groups in total. The molecular formula is C8H11NO2. The summed E-state index contributed by atoms with van der Waals surface area (Å²) in [6.45, 7) is 4.97. The van der Waals surface area contributed by atoms with Crippen LogP contribution in [0.4, 0.5) is 0 Å². The van der Waals surface area contributed by atoms with E-state index in [4.69, 9.17) is 0 Å². The SMILES string of the molecule is CC(=O)C1=C(C)NC(=O)C1C. The summed E-state index contributed by atoms with van der Waals surface area (Å²) < 4.78 is 0. The summed E-state index contributed by atoms with van der Waals surface area (Å²) in [5.74, 6) is -0.367. The zero-order valence-electron chi connectivity index (χ0n) is 6.89. The van der Waals surface area contributed by atoms with E-state index in [1.54, 1.807) is 13.8 Å². The molecule has 1 heterocycles. The number of hydrogen-bond donors (Lipinski definition) is 1. The van der Waals surface area contributed by atoms with Crippen LogP contribution in [0.3, 0.4) is 0 Å². The molecule has 0 aliphatic carbocycles. The fourth-order valence-electron chi connectivity index (χ4n) is 1.39. The highest BCUT2D eigenvalue weighted by molar-refractivity contribution is 6.04. The molecule has 1 aliphatic rings. The Balaban J connectivity index is 3.01. The minimum Gasteiger partial charge on any atom is -0.329 e. The molecule has 0 aromatic rings. The fourth-order valence-corrected chi connectivity index (χ4v) is 1.39. The molecule has 11 heavy (non-hydrogen) atoms. The van der Waals surface area contributed by atoms with Crippen molar-refractivity contribution in [2.24, 2.45) is 5.92 Å². The number of allylic oxidation sites excluding steroid dienone is 1. The molecule has 1 aliphatic heterocycles. The van der Waals surface area contributed by atoms with Crippen molar-refractivity contribution in [3.8, 4) is 0 Å². The van der Waals surface area contributed by atoms with Crippen LogP contribution >= 0.6 is 0 Å². The topological polar surface area (TPSA) is 46.2 Å². The minimum atomic E-state index is -0.271. The average molecular weight is 153 g/mol. The molecular weight excluding hydrogens is 142 g/mol. The van der Waals surface area contributed by atoms with Gasteiger partial charge in [0.05, 0.1) is 5.92 Å². The molecule has 60 valence electrons. The lowest BCUT2D eigenvalue weighted by Crippen LogP contribution is -2.19. The van der Waals surface area contributed by atoms with E-state index in [0.29, 0.717) is 11.3 Å². The van der Waals surface area contributed by atoms with E-state index in [2.05, 4.69) is 5.32 Å². The maximum absolute atomic E-state index is 11.0. The fraction of sp³-hybridized carbons (Fsp3) is 0.500. The highest BCUT2D eigenvalue weighted by atomic mass is 16.2. The molecule has 3 heteroatoms. The van der Waals surface area contributed by atoms with Crippen LogP contribution in [0.15, 0.2) is 11.3 Å². The summed E-state index contributed by atoms with van der Waals surface area (Å²) in [5, 5.41) is 2.62. The van der Waals surface area contributed by atoms with Gasteiger partial charge in [0.15, 0.2) is 5.78 Å². The Morgan fingerprint density at radius 3 is 2.27 bits per heavy atom.